The van der Waals surface area contributed by atoms with Crippen molar-refractivity contribution in [3.8, 4) is 0 Å². The Kier molecular flexibility index (Phi) is 5.78. The average Bonchev–Trinajstić information content (AvgIpc) is 2.71. The van der Waals surface area contributed by atoms with Gasteiger partial charge in [0.05, 0.1) is 11.7 Å². The summed E-state index contributed by atoms with van der Waals surface area (Å²) in [6, 6.07) is 0.731. The summed E-state index contributed by atoms with van der Waals surface area (Å²) < 4.78 is 1.92. The first-order valence-electron chi connectivity index (χ1n) is 7.72. The van der Waals surface area contributed by atoms with Crippen LogP contribution < -0.4 is 5.73 Å². The molecule has 0 aliphatic heterocycles. The van der Waals surface area contributed by atoms with Gasteiger partial charge in [-0.15, -0.1) is 0 Å². The Hall–Kier alpha value is -0.870. The average molecular weight is 280 g/mol. The first kappa shape index (κ1) is 17.2. The fourth-order valence-electron chi connectivity index (χ4n) is 2.81. The molecule has 116 valence electrons. The molecule has 20 heavy (non-hydrogen) atoms. The van der Waals surface area contributed by atoms with E-state index in [1.165, 1.54) is 5.56 Å². The van der Waals surface area contributed by atoms with E-state index in [1.54, 1.807) is 0 Å². The Morgan fingerprint density at radius 2 is 1.95 bits per heavy atom. The molecule has 1 aromatic heterocycles. The Morgan fingerprint density at radius 1 is 1.35 bits per heavy atom. The monoisotopic (exact) mass is 280 g/mol. The SMILES string of the molecule is CCCN(C(C)C)C(CN)c1cn(C)nc1C(C)(C)C. The predicted octanol–water partition coefficient (Wildman–Crippen LogP) is 2.84. The van der Waals surface area contributed by atoms with Crippen LogP contribution in [0.3, 0.4) is 0 Å². The Morgan fingerprint density at radius 3 is 2.35 bits per heavy atom. The van der Waals surface area contributed by atoms with Gasteiger partial charge in [0.15, 0.2) is 0 Å². The van der Waals surface area contributed by atoms with E-state index in [0.717, 1.165) is 18.7 Å². The van der Waals surface area contributed by atoms with Crippen molar-refractivity contribution in [3.05, 3.63) is 17.5 Å². The van der Waals surface area contributed by atoms with Crippen LogP contribution in [0.2, 0.25) is 0 Å². The van der Waals surface area contributed by atoms with Crippen molar-refractivity contribution < 1.29 is 0 Å². The first-order valence-corrected chi connectivity index (χ1v) is 7.72. The molecule has 4 nitrogen and oxygen atoms in total. The van der Waals surface area contributed by atoms with E-state index in [-0.39, 0.29) is 11.5 Å². The van der Waals surface area contributed by atoms with Crippen molar-refractivity contribution in [3.63, 3.8) is 0 Å². The van der Waals surface area contributed by atoms with Crippen LogP contribution >= 0.6 is 0 Å². The summed E-state index contributed by atoms with van der Waals surface area (Å²) in [4.78, 5) is 2.49. The number of aromatic nitrogens is 2. The van der Waals surface area contributed by atoms with E-state index in [2.05, 4.69) is 57.7 Å². The lowest BCUT2D eigenvalue weighted by molar-refractivity contribution is 0.156. The molecule has 0 amide bonds. The zero-order chi connectivity index (χ0) is 15.5. The summed E-state index contributed by atoms with van der Waals surface area (Å²) in [6.07, 6.45) is 3.28. The summed E-state index contributed by atoms with van der Waals surface area (Å²) in [6.45, 7) is 15.0. The summed E-state index contributed by atoms with van der Waals surface area (Å²) in [5, 5.41) is 4.69. The van der Waals surface area contributed by atoms with E-state index in [0.29, 0.717) is 12.6 Å². The lowest BCUT2D eigenvalue weighted by Gasteiger charge is -2.35. The van der Waals surface area contributed by atoms with E-state index in [1.807, 2.05) is 11.7 Å². The molecule has 0 aliphatic carbocycles. The van der Waals surface area contributed by atoms with Gasteiger partial charge in [0, 0.05) is 36.8 Å². The molecular weight excluding hydrogens is 248 g/mol. The Labute approximate surface area is 124 Å². The third-order valence-electron chi connectivity index (χ3n) is 3.70. The van der Waals surface area contributed by atoms with Gasteiger partial charge in [-0.05, 0) is 26.8 Å². The fraction of sp³-hybridized carbons (Fsp3) is 0.812. The fourth-order valence-corrected chi connectivity index (χ4v) is 2.81. The van der Waals surface area contributed by atoms with E-state index >= 15 is 0 Å². The summed E-state index contributed by atoms with van der Waals surface area (Å²) in [5.41, 5.74) is 8.60. The topological polar surface area (TPSA) is 47.1 Å². The van der Waals surface area contributed by atoms with Gasteiger partial charge in [-0.3, -0.25) is 9.58 Å². The second kappa shape index (κ2) is 6.72. The molecule has 0 spiro atoms. The van der Waals surface area contributed by atoms with Crippen molar-refractivity contribution in [1.82, 2.24) is 14.7 Å². The molecule has 0 aromatic carbocycles. The highest BCUT2D eigenvalue weighted by atomic mass is 15.3. The lowest BCUT2D eigenvalue weighted by atomic mass is 9.87. The highest BCUT2D eigenvalue weighted by Gasteiger charge is 2.30. The van der Waals surface area contributed by atoms with E-state index in [9.17, 15) is 0 Å². The molecule has 0 fully saturated rings. The van der Waals surface area contributed by atoms with Crippen molar-refractivity contribution in [2.45, 2.75) is 65.5 Å². The summed E-state index contributed by atoms with van der Waals surface area (Å²) in [5.74, 6) is 0. The van der Waals surface area contributed by atoms with Gasteiger partial charge in [-0.25, -0.2) is 0 Å². The Bertz CT molecular complexity index is 415. The third kappa shape index (κ3) is 3.83. The van der Waals surface area contributed by atoms with E-state index in [4.69, 9.17) is 5.73 Å². The zero-order valence-corrected chi connectivity index (χ0v) is 14.3. The largest absolute Gasteiger partial charge is 0.329 e. The second-order valence-corrected chi connectivity index (χ2v) is 6.94. The maximum absolute atomic E-state index is 6.12. The quantitative estimate of drug-likeness (QED) is 0.871. The molecule has 0 bridgehead atoms. The van der Waals surface area contributed by atoms with Crippen molar-refractivity contribution in [2.75, 3.05) is 13.1 Å². The predicted molar refractivity (Wildman–Crippen MR) is 85.8 cm³/mol. The van der Waals surface area contributed by atoms with Gasteiger partial charge in [-0.2, -0.15) is 5.10 Å². The number of hydrogen-bond donors (Lipinski definition) is 1. The number of aryl methyl sites for hydroxylation is 1. The Balaban J connectivity index is 3.24. The molecule has 0 aliphatic rings. The van der Waals surface area contributed by atoms with Gasteiger partial charge >= 0.3 is 0 Å². The molecule has 0 saturated carbocycles. The van der Waals surface area contributed by atoms with Crippen LogP contribution in [0.15, 0.2) is 6.20 Å². The number of nitrogens with zero attached hydrogens (tertiary/aromatic N) is 3. The van der Waals surface area contributed by atoms with Crippen molar-refractivity contribution >= 4 is 0 Å². The van der Waals surface area contributed by atoms with Crippen LogP contribution in [0.25, 0.3) is 0 Å². The van der Waals surface area contributed by atoms with Gasteiger partial charge in [0.1, 0.15) is 0 Å². The second-order valence-electron chi connectivity index (χ2n) is 6.94. The highest BCUT2D eigenvalue weighted by molar-refractivity contribution is 5.28. The van der Waals surface area contributed by atoms with Gasteiger partial charge < -0.3 is 5.73 Å². The first-order chi connectivity index (χ1) is 9.22. The highest BCUT2D eigenvalue weighted by Crippen LogP contribution is 2.31. The molecule has 1 unspecified atom stereocenters. The number of nitrogens with two attached hydrogens (primary N) is 1. The summed E-state index contributed by atoms with van der Waals surface area (Å²) >= 11 is 0. The molecule has 1 aromatic rings. The van der Waals surface area contributed by atoms with Crippen molar-refractivity contribution in [1.29, 1.82) is 0 Å². The molecule has 0 radical (unpaired) electrons. The number of rotatable bonds is 6. The zero-order valence-electron chi connectivity index (χ0n) is 14.3. The maximum atomic E-state index is 6.12. The van der Waals surface area contributed by atoms with Crippen LogP contribution in [0.5, 0.6) is 0 Å². The van der Waals surface area contributed by atoms with Gasteiger partial charge in [0.2, 0.25) is 0 Å². The van der Waals surface area contributed by atoms with Crippen LogP contribution in [0, 0.1) is 0 Å². The summed E-state index contributed by atoms with van der Waals surface area (Å²) in [7, 11) is 1.99. The molecule has 1 atom stereocenters. The van der Waals surface area contributed by atoms with Crippen LogP contribution in [0.1, 0.15) is 65.3 Å². The van der Waals surface area contributed by atoms with Gasteiger partial charge in [0.25, 0.3) is 0 Å². The van der Waals surface area contributed by atoms with Gasteiger partial charge in [-0.1, -0.05) is 27.7 Å². The minimum atomic E-state index is 0.0406. The lowest BCUT2D eigenvalue weighted by Crippen LogP contribution is -2.40. The molecule has 1 rings (SSSR count). The third-order valence-corrected chi connectivity index (χ3v) is 3.70. The molecular formula is C16H32N4. The minimum absolute atomic E-state index is 0.0406. The van der Waals surface area contributed by atoms with Crippen molar-refractivity contribution in [2.24, 2.45) is 12.8 Å². The van der Waals surface area contributed by atoms with Crippen LogP contribution in [0.4, 0.5) is 0 Å². The smallest absolute Gasteiger partial charge is 0.0726 e. The molecule has 1 heterocycles. The van der Waals surface area contributed by atoms with E-state index < -0.39 is 0 Å². The normalized spacial score (nSPS) is 14.3. The van der Waals surface area contributed by atoms with Crippen LogP contribution in [-0.4, -0.2) is 33.8 Å². The van der Waals surface area contributed by atoms with Crippen LogP contribution in [-0.2, 0) is 12.5 Å². The minimum Gasteiger partial charge on any atom is -0.329 e. The molecule has 2 N–H and O–H groups in total. The standard InChI is InChI=1S/C16H32N4/c1-8-9-20(12(2)3)14(10-17)13-11-19(7)18-15(13)16(4,5)6/h11-12,14H,8-10,17H2,1-7H3. The maximum Gasteiger partial charge on any atom is 0.0726 e. The molecule has 0 saturated heterocycles. The molecule has 4 heteroatoms. The number of hydrogen-bond acceptors (Lipinski definition) is 3.